The van der Waals surface area contributed by atoms with Gasteiger partial charge in [0.2, 0.25) is 17.7 Å². The van der Waals surface area contributed by atoms with Crippen molar-refractivity contribution >= 4 is 45.4 Å². The summed E-state index contributed by atoms with van der Waals surface area (Å²) in [4.78, 5) is 64.2. The highest BCUT2D eigenvalue weighted by molar-refractivity contribution is 6.23. The number of aryl methyl sites for hydroxylation is 2. The van der Waals surface area contributed by atoms with Gasteiger partial charge in [-0.05, 0) is 86.2 Å². The molecule has 2 aromatic carbocycles. The number of carbonyl (C=O) groups is 4. The zero-order chi connectivity index (χ0) is 39.0. The predicted molar refractivity (Wildman–Crippen MR) is 210 cm³/mol. The van der Waals surface area contributed by atoms with Crippen LogP contribution in [0.2, 0.25) is 0 Å². The van der Waals surface area contributed by atoms with E-state index in [0.717, 1.165) is 82.4 Å². The molecule has 6 aromatic rings. The van der Waals surface area contributed by atoms with Crippen LogP contribution < -0.4 is 19.5 Å². The topological polar surface area (TPSA) is 155 Å². The molecule has 6 heterocycles. The maximum Gasteiger partial charge on any atom is 0.262 e. The van der Waals surface area contributed by atoms with Crippen molar-refractivity contribution < 1.29 is 33.4 Å². The van der Waals surface area contributed by atoms with Crippen LogP contribution in [0.1, 0.15) is 71.4 Å². The number of nitrogens with one attached hydrogen (secondary N) is 1. The summed E-state index contributed by atoms with van der Waals surface area (Å²) in [5.41, 5.74) is 5.86. The van der Waals surface area contributed by atoms with Crippen molar-refractivity contribution in [3.05, 3.63) is 108 Å². The Morgan fingerprint density at radius 2 is 1.56 bits per heavy atom. The molecule has 1 aliphatic carbocycles. The number of imide groups is 2. The number of carbonyl (C=O) groups excluding carboxylic acids is 4. The number of aromatic nitrogens is 4. The highest BCUT2D eigenvalue weighted by atomic mass is 16.5. The lowest BCUT2D eigenvalue weighted by atomic mass is 9.92. The molecule has 2 fully saturated rings. The summed E-state index contributed by atoms with van der Waals surface area (Å²) < 4.78 is 20.4. The average Bonchev–Trinajstić information content (AvgIpc) is 3.64. The minimum absolute atomic E-state index is 0.0510. The first-order chi connectivity index (χ1) is 27.8. The van der Waals surface area contributed by atoms with Crippen molar-refractivity contribution in [2.75, 3.05) is 6.61 Å². The molecule has 57 heavy (non-hydrogen) atoms. The van der Waals surface area contributed by atoms with Gasteiger partial charge in [0.05, 0.1) is 29.4 Å². The molecule has 1 saturated carbocycles. The zero-order valence-corrected chi connectivity index (χ0v) is 31.4. The molecular weight excluding hydrogens is 725 g/mol. The zero-order valence-electron chi connectivity index (χ0n) is 31.4. The smallest absolute Gasteiger partial charge is 0.262 e. The average molecular weight is 765 g/mol. The molecule has 2 aliphatic heterocycles. The van der Waals surface area contributed by atoms with Gasteiger partial charge in [0.1, 0.15) is 29.7 Å². The van der Waals surface area contributed by atoms with E-state index in [1.54, 1.807) is 24.4 Å². The normalized spacial score (nSPS) is 19.1. The number of unbranched alkanes of at least 4 members (excludes halogenated alkanes) is 2. The molecule has 1 saturated heterocycles. The van der Waals surface area contributed by atoms with E-state index in [1.807, 2.05) is 48.9 Å². The number of ether oxygens (including phenoxy) is 3. The summed E-state index contributed by atoms with van der Waals surface area (Å²) in [6, 6.07) is 20.2. The summed E-state index contributed by atoms with van der Waals surface area (Å²) in [6.45, 7) is 0.451. The molecule has 1 N–H and O–H groups in total. The van der Waals surface area contributed by atoms with Crippen molar-refractivity contribution in [2.45, 2.75) is 69.6 Å². The van der Waals surface area contributed by atoms with Crippen LogP contribution in [0.5, 0.6) is 17.4 Å². The van der Waals surface area contributed by atoms with Crippen molar-refractivity contribution in [1.82, 2.24) is 29.7 Å². The Labute approximate surface area is 328 Å². The van der Waals surface area contributed by atoms with E-state index in [-0.39, 0.29) is 36.2 Å². The summed E-state index contributed by atoms with van der Waals surface area (Å²) >= 11 is 0. The molecule has 4 aromatic heterocycles. The lowest BCUT2D eigenvalue weighted by Gasteiger charge is -2.34. The van der Waals surface area contributed by atoms with Crippen LogP contribution in [0.25, 0.3) is 32.9 Å². The fourth-order valence-corrected chi connectivity index (χ4v) is 7.87. The largest absolute Gasteiger partial charge is 0.494 e. The number of fused-ring (bicyclic) bond motifs is 4. The Morgan fingerprint density at radius 1 is 0.737 bits per heavy atom. The summed E-state index contributed by atoms with van der Waals surface area (Å²) in [6.07, 6.45) is 12.7. The third-order valence-electron chi connectivity index (χ3n) is 11.1. The maximum absolute atomic E-state index is 13.1. The summed E-state index contributed by atoms with van der Waals surface area (Å²) in [5, 5.41) is 4.54. The summed E-state index contributed by atoms with van der Waals surface area (Å²) in [5.74, 6) is -0.291. The quantitative estimate of drug-likeness (QED) is 0.104. The van der Waals surface area contributed by atoms with E-state index in [0.29, 0.717) is 18.2 Å². The van der Waals surface area contributed by atoms with Gasteiger partial charge in [-0.15, -0.1) is 0 Å². The third kappa shape index (κ3) is 7.16. The van der Waals surface area contributed by atoms with Gasteiger partial charge in [-0.25, -0.2) is 4.98 Å². The number of amides is 4. The standard InChI is InChI=1S/C44H40N6O7/c1-49-37-16-17-45-25-36(37)33-11-6-26(19-39(33)49)27-7-15-41(47-23-27)57-32-20-31(21-32)56-30-9-8-28(46-24-30)5-3-2-4-18-55-29-10-12-34-35(22-29)44(54)50(43(34)53)38-13-14-40(51)48-42(38)52/h6-12,15-17,19,22-25,31-32,38H,2-5,13-14,18,20-21H2,1H3,(H,48,51,52)/t31-,32-,38?. The number of nitrogens with zero attached hydrogens (tertiary/aromatic N) is 5. The Balaban J connectivity index is 0.679. The third-order valence-corrected chi connectivity index (χ3v) is 11.1. The monoisotopic (exact) mass is 764 g/mol. The van der Waals surface area contributed by atoms with E-state index in [9.17, 15) is 19.2 Å². The lowest BCUT2D eigenvalue weighted by Crippen LogP contribution is -2.54. The minimum Gasteiger partial charge on any atom is -0.494 e. The molecule has 1 atom stereocenters. The van der Waals surface area contributed by atoms with E-state index in [1.165, 1.54) is 5.39 Å². The van der Waals surface area contributed by atoms with Crippen LogP contribution in [0, 0.1) is 0 Å². The molecular formula is C44H40N6O7. The van der Waals surface area contributed by atoms with Gasteiger partial charge in [0.25, 0.3) is 11.8 Å². The Bertz CT molecular complexity index is 2530. The van der Waals surface area contributed by atoms with Gasteiger partial charge >= 0.3 is 0 Å². The molecule has 1 unspecified atom stereocenters. The fourth-order valence-electron chi connectivity index (χ4n) is 7.87. The highest BCUT2D eigenvalue weighted by Gasteiger charge is 2.44. The first-order valence-electron chi connectivity index (χ1n) is 19.3. The second-order valence-corrected chi connectivity index (χ2v) is 14.8. The second-order valence-electron chi connectivity index (χ2n) is 14.8. The molecule has 9 rings (SSSR count). The second kappa shape index (κ2) is 15.1. The highest BCUT2D eigenvalue weighted by Crippen LogP contribution is 2.34. The Hall–Kier alpha value is -6.63. The van der Waals surface area contributed by atoms with Crippen LogP contribution in [0.15, 0.2) is 91.5 Å². The van der Waals surface area contributed by atoms with Gasteiger partial charge in [-0.3, -0.25) is 39.4 Å². The van der Waals surface area contributed by atoms with E-state index in [2.05, 4.69) is 50.1 Å². The van der Waals surface area contributed by atoms with E-state index < -0.39 is 29.7 Å². The molecule has 0 bridgehead atoms. The van der Waals surface area contributed by atoms with Crippen molar-refractivity contribution in [1.29, 1.82) is 0 Å². The number of benzene rings is 2. The molecule has 3 aliphatic rings. The molecule has 4 amide bonds. The number of hydrogen-bond donors (Lipinski definition) is 1. The SMILES string of the molecule is Cn1c2ccncc2c2ccc(-c3ccc(O[C@H]4C[C@H](Oc5ccc(CCCCCOc6ccc7c(c6)C(=O)N(C6CCC(=O)NC6=O)C7=O)nc5)C4)nc3)cc21. The van der Waals surface area contributed by atoms with Gasteiger partial charge < -0.3 is 18.8 Å². The number of hydrogen-bond acceptors (Lipinski definition) is 10. The van der Waals surface area contributed by atoms with Crippen molar-refractivity contribution in [3.8, 4) is 28.5 Å². The van der Waals surface area contributed by atoms with Crippen LogP contribution in [0.3, 0.4) is 0 Å². The first kappa shape index (κ1) is 36.0. The van der Waals surface area contributed by atoms with Gasteiger partial charge in [0.15, 0.2) is 0 Å². The molecule has 13 heteroatoms. The van der Waals surface area contributed by atoms with Crippen molar-refractivity contribution in [2.24, 2.45) is 7.05 Å². The van der Waals surface area contributed by atoms with Gasteiger partial charge in [-0.2, -0.15) is 0 Å². The van der Waals surface area contributed by atoms with Crippen LogP contribution in [-0.2, 0) is 23.1 Å². The number of pyridine rings is 3. The van der Waals surface area contributed by atoms with Crippen LogP contribution in [-0.4, -0.2) is 72.9 Å². The fraction of sp³-hybridized carbons (Fsp3) is 0.295. The van der Waals surface area contributed by atoms with Crippen LogP contribution in [0.4, 0.5) is 0 Å². The lowest BCUT2D eigenvalue weighted by molar-refractivity contribution is -0.136. The Kier molecular flexibility index (Phi) is 9.57. The first-order valence-corrected chi connectivity index (χ1v) is 19.3. The summed E-state index contributed by atoms with van der Waals surface area (Å²) in [7, 11) is 2.08. The number of piperidine rings is 1. The van der Waals surface area contributed by atoms with Crippen molar-refractivity contribution in [3.63, 3.8) is 0 Å². The molecule has 288 valence electrons. The van der Waals surface area contributed by atoms with Crippen LogP contribution >= 0.6 is 0 Å². The molecule has 13 nitrogen and oxygen atoms in total. The molecule has 0 spiro atoms. The van der Waals surface area contributed by atoms with Gasteiger partial charge in [0, 0.05) is 78.5 Å². The maximum atomic E-state index is 13.1. The Morgan fingerprint density at radius 3 is 2.37 bits per heavy atom. The minimum atomic E-state index is -0.994. The predicted octanol–water partition coefficient (Wildman–Crippen LogP) is 6.37. The van der Waals surface area contributed by atoms with E-state index in [4.69, 9.17) is 14.2 Å². The van der Waals surface area contributed by atoms with Gasteiger partial charge in [-0.1, -0.05) is 12.1 Å². The molecule has 0 radical (unpaired) electrons. The number of rotatable bonds is 13. The van der Waals surface area contributed by atoms with E-state index >= 15 is 0 Å².